The Morgan fingerprint density at radius 1 is 1.18 bits per heavy atom. The Balaban J connectivity index is 1.43. The molecule has 0 saturated carbocycles. The van der Waals surface area contributed by atoms with Crippen LogP contribution in [0, 0.1) is 5.82 Å². The second-order valence-corrected chi connectivity index (χ2v) is 6.98. The zero-order chi connectivity index (χ0) is 19.3. The van der Waals surface area contributed by atoms with Gasteiger partial charge in [-0.2, -0.15) is 0 Å². The highest BCUT2D eigenvalue weighted by Gasteiger charge is 2.27. The van der Waals surface area contributed by atoms with Crippen LogP contribution in [0.2, 0.25) is 0 Å². The molecule has 0 N–H and O–H groups in total. The van der Waals surface area contributed by atoms with E-state index in [2.05, 4.69) is 33.5 Å². The fraction of sp³-hybridized carbons (Fsp3) is 0.364. The minimum Gasteiger partial charge on any atom is -0.492 e. The second kappa shape index (κ2) is 8.52. The van der Waals surface area contributed by atoms with Gasteiger partial charge in [0.25, 0.3) is 0 Å². The van der Waals surface area contributed by atoms with E-state index in [0.717, 1.165) is 49.7 Å². The summed E-state index contributed by atoms with van der Waals surface area (Å²) < 4.78 is 20.8. The quantitative estimate of drug-likeness (QED) is 0.617. The van der Waals surface area contributed by atoms with Crippen molar-refractivity contribution < 1.29 is 9.13 Å². The Kier molecular flexibility index (Phi) is 5.67. The van der Waals surface area contributed by atoms with Crippen LogP contribution in [-0.2, 0) is 6.42 Å². The predicted molar refractivity (Wildman–Crippen MR) is 106 cm³/mol. The molecule has 0 spiro atoms. The minimum atomic E-state index is -0.248. The molecule has 4 rings (SSSR count). The van der Waals surface area contributed by atoms with Crippen molar-refractivity contribution in [3.63, 3.8) is 0 Å². The van der Waals surface area contributed by atoms with Crippen molar-refractivity contribution >= 4 is 0 Å². The monoisotopic (exact) mass is 380 g/mol. The van der Waals surface area contributed by atoms with E-state index in [0.29, 0.717) is 18.4 Å². The van der Waals surface area contributed by atoms with E-state index in [9.17, 15) is 4.39 Å². The maximum Gasteiger partial charge on any atom is 0.138 e. The molecule has 2 aromatic heterocycles. The van der Waals surface area contributed by atoms with Crippen LogP contribution in [0.4, 0.5) is 4.39 Å². The lowest BCUT2D eigenvalue weighted by molar-refractivity contribution is 0.195. The van der Waals surface area contributed by atoms with Crippen molar-refractivity contribution in [2.45, 2.75) is 32.2 Å². The molecule has 5 nitrogen and oxygen atoms in total. The van der Waals surface area contributed by atoms with Crippen LogP contribution < -0.4 is 4.74 Å². The van der Waals surface area contributed by atoms with Gasteiger partial charge in [0.15, 0.2) is 0 Å². The molecule has 1 fully saturated rings. The molecule has 1 aromatic carbocycles. The first-order valence-corrected chi connectivity index (χ1v) is 9.86. The lowest BCUT2D eigenvalue weighted by atomic mass is 10.1. The number of hydrogen-bond acceptors (Lipinski definition) is 4. The number of aromatic nitrogens is 3. The van der Waals surface area contributed by atoms with Gasteiger partial charge in [0.05, 0.1) is 11.7 Å². The number of pyridine rings is 1. The molecule has 1 atom stereocenters. The van der Waals surface area contributed by atoms with E-state index in [1.165, 1.54) is 12.1 Å². The van der Waals surface area contributed by atoms with Crippen LogP contribution in [-0.4, -0.2) is 39.1 Å². The van der Waals surface area contributed by atoms with Crippen LogP contribution >= 0.6 is 0 Å². The molecule has 0 aliphatic carbocycles. The summed E-state index contributed by atoms with van der Waals surface area (Å²) in [6.07, 6.45) is 6.90. The molecule has 0 amide bonds. The molecule has 0 radical (unpaired) electrons. The second-order valence-electron chi connectivity index (χ2n) is 6.98. The van der Waals surface area contributed by atoms with Crippen molar-refractivity contribution in [2.24, 2.45) is 0 Å². The fourth-order valence-corrected chi connectivity index (χ4v) is 3.80. The zero-order valence-electron chi connectivity index (χ0n) is 16.1. The molecular formula is C22H25FN4O. The molecule has 146 valence electrons. The van der Waals surface area contributed by atoms with E-state index in [1.807, 2.05) is 18.5 Å². The Labute approximate surface area is 164 Å². The minimum absolute atomic E-state index is 0.248. The van der Waals surface area contributed by atoms with Crippen LogP contribution in [0.25, 0.3) is 5.82 Å². The van der Waals surface area contributed by atoms with Gasteiger partial charge in [0, 0.05) is 25.4 Å². The number of rotatable bonds is 7. The Morgan fingerprint density at radius 2 is 2.04 bits per heavy atom. The molecule has 6 heteroatoms. The van der Waals surface area contributed by atoms with E-state index in [1.54, 1.807) is 12.1 Å². The fourth-order valence-electron chi connectivity index (χ4n) is 3.80. The van der Waals surface area contributed by atoms with Crippen molar-refractivity contribution in [2.75, 3.05) is 19.7 Å². The standard InChI is InChI=1S/C22H25FN4O/c1-2-21-24-12-14-27(21)22-7-3-5-19(25-22)20-6-4-13-26(20)15-16-28-18-10-8-17(23)9-11-18/h3,5,7-12,14,20H,2,4,6,13,15-16H2,1H3/t20-/m1/s1. The topological polar surface area (TPSA) is 43.2 Å². The van der Waals surface area contributed by atoms with Gasteiger partial charge in [0.1, 0.15) is 29.8 Å². The molecule has 1 aliphatic heterocycles. The smallest absolute Gasteiger partial charge is 0.138 e. The van der Waals surface area contributed by atoms with Crippen molar-refractivity contribution in [1.82, 2.24) is 19.4 Å². The summed E-state index contributed by atoms with van der Waals surface area (Å²) in [5.41, 5.74) is 1.09. The summed E-state index contributed by atoms with van der Waals surface area (Å²) in [7, 11) is 0. The van der Waals surface area contributed by atoms with Crippen LogP contribution in [0.3, 0.4) is 0 Å². The van der Waals surface area contributed by atoms with Gasteiger partial charge in [-0.1, -0.05) is 13.0 Å². The molecule has 1 aliphatic rings. The number of aryl methyl sites for hydroxylation is 1. The molecule has 28 heavy (non-hydrogen) atoms. The van der Waals surface area contributed by atoms with Crippen molar-refractivity contribution in [3.05, 3.63) is 72.2 Å². The Bertz CT molecular complexity index is 909. The summed E-state index contributed by atoms with van der Waals surface area (Å²) in [6.45, 7) is 4.53. The molecule has 3 aromatic rings. The van der Waals surface area contributed by atoms with E-state index >= 15 is 0 Å². The molecule has 0 bridgehead atoms. The van der Waals surface area contributed by atoms with Gasteiger partial charge in [-0.25, -0.2) is 14.4 Å². The lowest BCUT2D eigenvalue weighted by Gasteiger charge is -2.24. The SMILES string of the molecule is CCc1nccn1-c1cccc([C@H]2CCCN2CCOc2ccc(F)cc2)n1. The predicted octanol–water partition coefficient (Wildman–Crippen LogP) is 4.18. The number of likely N-dealkylation sites (tertiary alicyclic amines) is 1. The van der Waals surface area contributed by atoms with Crippen LogP contribution in [0.5, 0.6) is 5.75 Å². The lowest BCUT2D eigenvalue weighted by Crippen LogP contribution is -2.28. The van der Waals surface area contributed by atoms with Crippen molar-refractivity contribution in [1.29, 1.82) is 0 Å². The summed E-state index contributed by atoms with van der Waals surface area (Å²) in [5, 5.41) is 0. The van der Waals surface area contributed by atoms with Gasteiger partial charge in [-0.3, -0.25) is 9.47 Å². The molecular weight excluding hydrogens is 355 g/mol. The largest absolute Gasteiger partial charge is 0.492 e. The first-order valence-electron chi connectivity index (χ1n) is 9.86. The third-order valence-corrected chi connectivity index (χ3v) is 5.20. The van der Waals surface area contributed by atoms with Crippen LogP contribution in [0.1, 0.15) is 37.3 Å². The summed E-state index contributed by atoms with van der Waals surface area (Å²) in [4.78, 5) is 11.8. The van der Waals surface area contributed by atoms with Gasteiger partial charge < -0.3 is 4.74 Å². The Morgan fingerprint density at radius 3 is 2.86 bits per heavy atom. The van der Waals surface area contributed by atoms with E-state index in [4.69, 9.17) is 9.72 Å². The average molecular weight is 380 g/mol. The number of hydrogen-bond donors (Lipinski definition) is 0. The number of ether oxygens (including phenoxy) is 1. The number of imidazole rings is 1. The zero-order valence-corrected chi connectivity index (χ0v) is 16.1. The maximum absolute atomic E-state index is 13.0. The third-order valence-electron chi connectivity index (χ3n) is 5.20. The highest BCUT2D eigenvalue weighted by Crippen LogP contribution is 2.31. The number of benzene rings is 1. The third kappa shape index (κ3) is 4.07. The van der Waals surface area contributed by atoms with Gasteiger partial charge in [0.2, 0.25) is 0 Å². The average Bonchev–Trinajstić information content (AvgIpc) is 3.39. The normalized spacial score (nSPS) is 17.1. The first kappa shape index (κ1) is 18.6. The summed E-state index contributed by atoms with van der Waals surface area (Å²) in [5.74, 6) is 2.38. The molecule has 3 heterocycles. The highest BCUT2D eigenvalue weighted by molar-refractivity contribution is 5.28. The Hall–Kier alpha value is -2.73. The molecule has 0 unspecified atom stereocenters. The first-order chi connectivity index (χ1) is 13.7. The van der Waals surface area contributed by atoms with Gasteiger partial charge in [-0.15, -0.1) is 0 Å². The van der Waals surface area contributed by atoms with E-state index in [-0.39, 0.29) is 5.82 Å². The van der Waals surface area contributed by atoms with E-state index < -0.39 is 0 Å². The summed E-state index contributed by atoms with van der Waals surface area (Å²) >= 11 is 0. The molecule has 1 saturated heterocycles. The van der Waals surface area contributed by atoms with Gasteiger partial charge >= 0.3 is 0 Å². The number of nitrogens with zero attached hydrogens (tertiary/aromatic N) is 4. The number of halogens is 1. The van der Waals surface area contributed by atoms with Gasteiger partial charge in [-0.05, 0) is 55.8 Å². The van der Waals surface area contributed by atoms with Crippen LogP contribution in [0.15, 0.2) is 54.9 Å². The highest BCUT2D eigenvalue weighted by atomic mass is 19.1. The van der Waals surface area contributed by atoms with Crippen molar-refractivity contribution in [3.8, 4) is 11.6 Å². The maximum atomic E-state index is 13.0. The summed E-state index contributed by atoms with van der Waals surface area (Å²) in [6, 6.07) is 12.7.